The van der Waals surface area contributed by atoms with E-state index in [9.17, 15) is 19.5 Å². The van der Waals surface area contributed by atoms with Gasteiger partial charge in [-0.1, -0.05) is 31.3 Å². The summed E-state index contributed by atoms with van der Waals surface area (Å²) < 4.78 is 4.92. The van der Waals surface area contributed by atoms with E-state index in [1.165, 1.54) is 0 Å². The van der Waals surface area contributed by atoms with E-state index in [0.717, 1.165) is 25.7 Å². The lowest BCUT2D eigenvalue weighted by molar-refractivity contribution is -0.431. The van der Waals surface area contributed by atoms with Gasteiger partial charge in [-0.15, -0.1) is 0 Å². The molecule has 0 radical (unpaired) electrons. The minimum atomic E-state index is -0.981. The fourth-order valence-electron chi connectivity index (χ4n) is 4.36. The Hall–Kier alpha value is -9.23. The van der Waals surface area contributed by atoms with Crippen molar-refractivity contribution in [3.63, 3.8) is 0 Å². The Labute approximate surface area is 452 Å². The highest BCUT2D eigenvalue weighted by atomic mass is 32.1. The summed E-state index contributed by atoms with van der Waals surface area (Å²) in [6.07, 6.45) is 1.12. The third kappa shape index (κ3) is 35.3. The van der Waals surface area contributed by atoms with E-state index < -0.39 is 12.8 Å². The van der Waals surface area contributed by atoms with Gasteiger partial charge in [0.05, 0.1) is 18.9 Å². The van der Waals surface area contributed by atoms with Crippen LogP contribution in [0.2, 0.25) is 0 Å². The summed E-state index contributed by atoms with van der Waals surface area (Å²) in [5.41, 5.74) is 0. The van der Waals surface area contributed by atoms with Crippen LogP contribution in [0.5, 0.6) is 0 Å². The lowest BCUT2D eigenvalue weighted by atomic mass is 10.3. The molecular formula is C55H103N6O6S-. The third-order valence-corrected chi connectivity index (χ3v) is 7.51. The Morgan fingerprint density at radius 1 is 0.691 bits per heavy atom. The van der Waals surface area contributed by atoms with Crippen molar-refractivity contribution >= 4 is 36.2 Å². The second-order valence-electron chi connectivity index (χ2n) is 11.7. The van der Waals surface area contributed by atoms with E-state index in [0.29, 0.717) is 58.1 Å². The molecule has 0 aromatic rings. The van der Waals surface area contributed by atoms with E-state index in [-0.39, 0.29) is 66.5 Å². The molecule has 1 fully saturated rings. The molecule has 396 valence electrons. The van der Waals surface area contributed by atoms with Crippen molar-refractivity contribution in [1.82, 2.24) is 25.3 Å². The number of hydrogen-bond acceptors (Lipinski definition) is 10. The maximum atomic E-state index is 11.4. The average Bonchev–Trinajstić information content (AvgIpc) is 3.98. The minimum Gasteiger partial charge on any atom is -0.834 e. The number of carbonyl (C=O) groups excluding carboxylic acids is 2. The number of rotatable bonds is 13. The number of carbonyl (C=O) groups is 3. The van der Waals surface area contributed by atoms with Gasteiger partial charge in [0, 0.05) is 108 Å². The number of amidine groups is 1. The summed E-state index contributed by atoms with van der Waals surface area (Å²) in [6.45, 7) is 13.9. The Bertz CT molecular complexity index is 2980. The third-order valence-electron chi connectivity index (χ3n) is 7.22. The van der Waals surface area contributed by atoms with E-state index in [1.807, 2.05) is 11.8 Å². The molecule has 0 spiro atoms. The van der Waals surface area contributed by atoms with Crippen LogP contribution in [0.25, 0.3) is 0 Å². The summed E-state index contributed by atoms with van der Waals surface area (Å²) in [4.78, 5) is 42.5. The van der Waals surface area contributed by atoms with Crippen LogP contribution in [0.1, 0.15) is 70.0 Å². The first-order valence-corrected chi connectivity index (χ1v) is 20.7. The number of carboxylic acid groups (broad SMARTS) is 1. The topological polar surface area (TPSA) is 150 Å². The van der Waals surface area contributed by atoms with Gasteiger partial charge in [-0.05, 0) is 192 Å². The smallest absolute Gasteiger partial charge is 0.327 e. The molecule has 0 aromatic carbocycles. The fourth-order valence-corrected chi connectivity index (χ4v) is 4.47. The molecule has 2 heterocycles. The zero-order chi connectivity index (χ0) is 50.0. The van der Waals surface area contributed by atoms with Gasteiger partial charge in [0.25, 0.3) is 0 Å². The molecule has 2 aliphatic heterocycles. The van der Waals surface area contributed by atoms with Gasteiger partial charge >= 0.3 is 5.97 Å². The highest BCUT2D eigenvalue weighted by molar-refractivity contribution is 7.81. The van der Waals surface area contributed by atoms with Gasteiger partial charge in [-0.3, -0.25) is 24.4 Å². The first kappa shape index (κ1) is 58.8. The van der Waals surface area contributed by atoms with Crippen LogP contribution in [-0.2, 0) is 19.1 Å². The molecule has 0 saturated carbocycles. The predicted molar refractivity (Wildman–Crippen MR) is 329 cm³/mol. The molecule has 0 bridgehead atoms. The second kappa shape index (κ2) is 44.4. The van der Waals surface area contributed by atoms with Crippen molar-refractivity contribution in [2.24, 2.45) is 4.99 Å². The Morgan fingerprint density at radius 2 is 1.10 bits per heavy atom. The maximum absolute atomic E-state index is 11.4. The standard InChI is InChI=1S/C27H22N3O3S.C25H17N3O.C3H4O2.30H2/c1-2-3-4-5-6-7-8-9-10-11-12-13-14-15-16-17-27-29(19-18-28-26(32)24-34)20-21-30(27)22-23-33-25-31;1-3-5-6-7-8-9-10-11-12-13-14-15-16-17-18-19-24-26-20-22-28(24)23-21-27-25(29)4-2;1-2-3(4)5;;;;;;;;;;;;;;;;;;;;;;;;;;;;;;/h27,34H,18-25H2,1H3,(H,28,32);4,20-23H2,1-2H3,(H,27,29);2H,1H2,(H,4,5);30*1H/q-1;;;;;;;;;;;;;;;;;;;;;;;;;;;;;;;;. The van der Waals surface area contributed by atoms with E-state index in [4.69, 9.17) is 9.84 Å². The lowest BCUT2D eigenvalue weighted by Crippen LogP contribution is -2.42. The Kier molecular flexibility index (Phi) is 38.4. The quantitative estimate of drug-likeness (QED) is 0.0552. The normalized spacial score (nSPS) is 11.0. The molecule has 1 saturated heterocycles. The summed E-state index contributed by atoms with van der Waals surface area (Å²) in [5, 5.41) is 23.8. The molecular weight excluding hydrogens is 873 g/mol. The van der Waals surface area contributed by atoms with Crippen molar-refractivity contribution in [2.75, 3.05) is 78.1 Å². The Morgan fingerprint density at radius 3 is 1.53 bits per heavy atom. The van der Waals surface area contributed by atoms with Crippen molar-refractivity contribution in [3.05, 3.63) is 12.7 Å². The van der Waals surface area contributed by atoms with Crippen molar-refractivity contribution in [1.29, 1.82) is 0 Å². The molecule has 2 rings (SSSR count). The molecule has 13 heteroatoms. The number of nitrogens with zero attached hydrogens (tertiary/aromatic N) is 4. The monoisotopic (exact) mass is 976 g/mol. The van der Waals surface area contributed by atoms with Gasteiger partial charge in [-0.2, -0.15) is 12.6 Å². The van der Waals surface area contributed by atoms with Crippen molar-refractivity contribution in [2.45, 2.75) is 33.4 Å². The zero-order valence-corrected chi connectivity index (χ0v) is 38.7. The molecule has 2 amide bonds. The molecule has 68 heavy (non-hydrogen) atoms. The molecule has 0 aromatic heterocycles. The number of carboxylic acids is 1. The summed E-state index contributed by atoms with van der Waals surface area (Å²) in [7, 11) is 0. The van der Waals surface area contributed by atoms with Crippen LogP contribution in [0.3, 0.4) is 0 Å². The van der Waals surface area contributed by atoms with Crippen LogP contribution in [0.4, 0.5) is 0 Å². The van der Waals surface area contributed by atoms with Crippen molar-refractivity contribution in [3.8, 4) is 189 Å². The number of amides is 2. The summed E-state index contributed by atoms with van der Waals surface area (Å²) >= 11 is 3.95. The van der Waals surface area contributed by atoms with Crippen LogP contribution in [0.15, 0.2) is 17.6 Å². The number of aliphatic carboxylic acids is 1. The van der Waals surface area contributed by atoms with Crippen molar-refractivity contribution < 1.29 is 72.1 Å². The fraction of sp³-hybridized carbons (Fsp3) is 0.309. The number of aliphatic imine (C=N–C) groups is 1. The SMILES string of the molecule is C=CC(=O)O.CC#CC#CC#CC#CC#CC#CC#CC#CC1=NCCN1CCNC(=O)CC.CC#CC#CC#CC#CC#CC#CC#CC#CC1N(CCNC(=O)CS)CCN1CCOC[O-].[HH].[HH].[HH].[HH].[HH].[HH].[HH].[HH].[HH].[HH].[HH].[HH].[HH].[HH].[HH].[HH].[HH].[HH].[HH].[HH].[HH].[HH].[HH].[HH].[HH].[HH].[HH].[HH].[HH].[HH]. The van der Waals surface area contributed by atoms with Gasteiger partial charge in [-0.25, -0.2) is 4.79 Å². The van der Waals surface area contributed by atoms with Gasteiger partial charge in [0.1, 0.15) is 6.17 Å². The molecule has 1 unspecified atom stereocenters. The van der Waals surface area contributed by atoms with Crippen LogP contribution in [-0.4, -0.2) is 128 Å². The van der Waals surface area contributed by atoms with Gasteiger partial charge in [0.2, 0.25) is 11.8 Å². The Balaban J connectivity index is -0.0000000230. The molecule has 0 aliphatic carbocycles. The number of thiol groups is 1. The highest BCUT2D eigenvalue weighted by Crippen LogP contribution is 2.13. The van der Waals surface area contributed by atoms with Gasteiger partial charge < -0.3 is 30.5 Å². The zero-order valence-electron chi connectivity index (χ0n) is 37.8. The molecule has 2 aliphatic rings. The number of ether oxygens (including phenoxy) is 1. The van der Waals surface area contributed by atoms with E-state index in [1.54, 1.807) is 13.8 Å². The summed E-state index contributed by atoms with van der Waals surface area (Å²) in [5.74, 6) is 83.1. The second-order valence-corrected chi connectivity index (χ2v) is 12.0. The van der Waals surface area contributed by atoms with Gasteiger partial charge in [0.15, 0.2) is 5.84 Å². The minimum absolute atomic E-state index is 0. The maximum Gasteiger partial charge on any atom is 0.327 e. The molecule has 12 nitrogen and oxygen atoms in total. The largest absolute Gasteiger partial charge is 0.834 e. The highest BCUT2D eigenvalue weighted by Gasteiger charge is 2.29. The number of hydrogen-bond donors (Lipinski definition) is 4. The van der Waals surface area contributed by atoms with Crippen LogP contribution < -0.4 is 15.7 Å². The first-order valence-electron chi connectivity index (χ1n) is 20.1. The van der Waals surface area contributed by atoms with Crippen LogP contribution >= 0.6 is 12.6 Å². The van der Waals surface area contributed by atoms with Crippen LogP contribution in [0, 0.1) is 189 Å². The summed E-state index contributed by atoms with van der Waals surface area (Å²) in [6, 6.07) is 0. The molecule has 1 atom stereocenters. The van der Waals surface area contributed by atoms with E-state index in [2.05, 4.69) is 234 Å². The average molecular weight is 977 g/mol. The predicted octanol–water partition coefficient (Wildman–Crippen LogP) is 6.27. The van der Waals surface area contributed by atoms with E-state index >= 15 is 0 Å². The first-order chi connectivity index (χ1) is 33.3. The molecule has 3 N–H and O–H groups in total. The lowest BCUT2D eigenvalue weighted by Gasteiger charge is -2.26. The number of nitrogens with one attached hydrogen (secondary N) is 2.